The van der Waals surface area contributed by atoms with Gasteiger partial charge in [-0.25, -0.2) is 9.97 Å². The van der Waals surface area contributed by atoms with Crippen LogP contribution >= 0.6 is 0 Å². The number of aromatic nitrogens is 3. The van der Waals surface area contributed by atoms with E-state index in [9.17, 15) is 22.8 Å². The van der Waals surface area contributed by atoms with Crippen LogP contribution in [0, 0.1) is 18.3 Å². The molecule has 0 radical (unpaired) electrons. The number of nitrogens with zero attached hydrogens (tertiary/aromatic N) is 3. The van der Waals surface area contributed by atoms with Gasteiger partial charge in [0.15, 0.2) is 0 Å². The normalized spacial score (nSPS) is 19.1. The number of halogens is 3. The van der Waals surface area contributed by atoms with Gasteiger partial charge in [0, 0.05) is 36.7 Å². The Kier molecular flexibility index (Phi) is 6.35. The molecule has 1 aromatic carbocycles. The van der Waals surface area contributed by atoms with Gasteiger partial charge in [-0.3, -0.25) is 9.59 Å². The Bertz CT molecular complexity index is 1410. The summed E-state index contributed by atoms with van der Waals surface area (Å²) in [4.78, 5) is 38.8. The molecule has 5 rings (SSSR count). The number of aryl methyl sites for hydroxylation is 1. The molecule has 1 aliphatic carbocycles. The van der Waals surface area contributed by atoms with Crippen LogP contribution in [0.4, 0.5) is 13.2 Å². The van der Waals surface area contributed by atoms with Gasteiger partial charge >= 0.3 is 6.18 Å². The Balaban J connectivity index is 1.53. The van der Waals surface area contributed by atoms with Gasteiger partial charge in [-0.1, -0.05) is 13.8 Å². The smallest absolute Gasteiger partial charge is 0.416 e. The fourth-order valence-electron chi connectivity index (χ4n) is 4.96. The Labute approximate surface area is 218 Å². The third-order valence-electron chi connectivity index (χ3n) is 7.43. The number of aromatic amines is 1. The summed E-state index contributed by atoms with van der Waals surface area (Å²) < 4.78 is 46.7. The highest BCUT2D eigenvalue weighted by Gasteiger charge is 2.42. The molecule has 202 valence electrons. The maximum absolute atomic E-state index is 13.6. The molecule has 2 fully saturated rings. The van der Waals surface area contributed by atoms with E-state index in [1.54, 1.807) is 11.8 Å². The number of nitrogens with one attached hydrogen (secondary N) is 2. The lowest BCUT2D eigenvalue weighted by molar-refractivity contribution is -0.137. The zero-order valence-corrected chi connectivity index (χ0v) is 21.7. The van der Waals surface area contributed by atoms with Crippen molar-refractivity contribution in [1.29, 1.82) is 0 Å². The number of carbonyl (C=O) groups is 2. The average Bonchev–Trinajstić information content (AvgIpc) is 3.53. The summed E-state index contributed by atoms with van der Waals surface area (Å²) in [5.74, 6) is 0.255. The molecule has 0 bridgehead atoms. The van der Waals surface area contributed by atoms with E-state index in [4.69, 9.17) is 4.74 Å². The second-order valence-electron chi connectivity index (χ2n) is 10.9. The molecule has 1 atom stereocenters. The van der Waals surface area contributed by atoms with Crippen LogP contribution in [-0.2, 0) is 11.0 Å². The van der Waals surface area contributed by atoms with Crippen molar-refractivity contribution in [2.24, 2.45) is 11.3 Å². The van der Waals surface area contributed by atoms with E-state index in [0.29, 0.717) is 48.1 Å². The quantitative estimate of drug-likeness (QED) is 0.481. The Morgan fingerprint density at radius 1 is 1.24 bits per heavy atom. The number of hydrogen-bond donors (Lipinski definition) is 2. The van der Waals surface area contributed by atoms with Crippen LogP contribution in [0.1, 0.15) is 55.2 Å². The van der Waals surface area contributed by atoms with E-state index in [2.05, 4.69) is 20.3 Å². The van der Waals surface area contributed by atoms with Gasteiger partial charge in [0.2, 0.25) is 5.91 Å². The molecule has 1 saturated carbocycles. The van der Waals surface area contributed by atoms with E-state index < -0.39 is 11.7 Å². The first kappa shape index (κ1) is 26.0. The van der Waals surface area contributed by atoms with E-state index in [1.807, 2.05) is 13.8 Å². The first-order chi connectivity index (χ1) is 17.8. The molecule has 8 nitrogen and oxygen atoms in total. The lowest BCUT2D eigenvalue weighted by atomic mass is 9.87. The number of amides is 2. The second-order valence-corrected chi connectivity index (χ2v) is 10.9. The number of hydrogen-bond acceptors (Lipinski definition) is 5. The number of ether oxygens (including phenoxy) is 1. The van der Waals surface area contributed by atoms with Crippen LogP contribution in [0.5, 0.6) is 5.75 Å². The van der Waals surface area contributed by atoms with Crippen molar-refractivity contribution in [3.05, 3.63) is 41.3 Å². The number of H-pyrrole nitrogens is 1. The van der Waals surface area contributed by atoms with Crippen LogP contribution in [0.25, 0.3) is 22.3 Å². The molecule has 2 aromatic heterocycles. The number of fused-ring (bicyclic) bond motifs is 1. The molecule has 3 heterocycles. The largest absolute Gasteiger partial charge is 0.493 e. The minimum absolute atomic E-state index is 0.0590. The summed E-state index contributed by atoms with van der Waals surface area (Å²) in [6.07, 6.45) is -1.24. The highest BCUT2D eigenvalue weighted by Crippen LogP contribution is 2.40. The molecule has 1 unspecified atom stereocenters. The third kappa shape index (κ3) is 4.93. The number of likely N-dealkylation sites (tertiary alicyclic amines) is 1. The lowest BCUT2D eigenvalue weighted by Gasteiger charge is -2.26. The predicted molar refractivity (Wildman–Crippen MR) is 135 cm³/mol. The van der Waals surface area contributed by atoms with Crippen molar-refractivity contribution >= 4 is 22.8 Å². The van der Waals surface area contributed by atoms with E-state index >= 15 is 0 Å². The molecule has 2 aliphatic rings. The monoisotopic (exact) mass is 529 g/mol. The van der Waals surface area contributed by atoms with Crippen molar-refractivity contribution in [2.75, 3.05) is 19.7 Å². The zero-order chi connectivity index (χ0) is 27.4. The van der Waals surface area contributed by atoms with Crippen LogP contribution < -0.4 is 10.1 Å². The summed E-state index contributed by atoms with van der Waals surface area (Å²) in [7, 11) is 0. The maximum Gasteiger partial charge on any atom is 0.416 e. The molecule has 3 aromatic rings. The third-order valence-corrected chi connectivity index (χ3v) is 7.43. The lowest BCUT2D eigenvalue weighted by Crippen LogP contribution is -2.44. The summed E-state index contributed by atoms with van der Waals surface area (Å²) in [6.45, 7) is 8.50. The van der Waals surface area contributed by atoms with Gasteiger partial charge in [0.1, 0.15) is 23.3 Å². The SMILES string of the molecule is CC(=O)N1CC(NC(=O)c2c(C)[nH]c3c(-c4cc(C(F)(F)F)ccc4OCC4CC4)ncnc23)C(C)(C)C1. The summed E-state index contributed by atoms with van der Waals surface area (Å²) in [6, 6.07) is 3.06. The molecule has 1 saturated heterocycles. The van der Waals surface area contributed by atoms with Crippen molar-refractivity contribution in [2.45, 2.75) is 52.8 Å². The maximum atomic E-state index is 13.6. The minimum Gasteiger partial charge on any atom is -0.493 e. The molecule has 1 aliphatic heterocycles. The molecular weight excluding hydrogens is 499 g/mol. The summed E-state index contributed by atoms with van der Waals surface area (Å²) in [5, 5.41) is 3.04. The first-order valence-electron chi connectivity index (χ1n) is 12.6. The van der Waals surface area contributed by atoms with Crippen LogP contribution in [0.3, 0.4) is 0 Å². The van der Waals surface area contributed by atoms with Crippen molar-refractivity contribution < 1.29 is 27.5 Å². The van der Waals surface area contributed by atoms with Crippen LogP contribution in [-0.4, -0.2) is 57.4 Å². The fourth-order valence-corrected chi connectivity index (χ4v) is 4.96. The molecular formula is C27H30F3N5O3. The number of rotatable bonds is 6. The van der Waals surface area contributed by atoms with Crippen LogP contribution in [0.15, 0.2) is 24.5 Å². The predicted octanol–water partition coefficient (Wildman–Crippen LogP) is 4.73. The second kappa shape index (κ2) is 9.28. The Hall–Kier alpha value is -3.63. The van der Waals surface area contributed by atoms with Crippen molar-refractivity contribution in [3.8, 4) is 17.0 Å². The average molecular weight is 530 g/mol. The highest BCUT2D eigenvalue weighted by molar-refractivity contribution is 6.09. The van der Waals surface area contributed by atoms with Gasteiger partial charge in [-0.05, 0) is 43.9 Å². The first-order valence-corrected chi connectivity index (χ1v) is 12.6. The minimum atomic E-state index is -4.55. The van der Waals surface area contributed by atoms with Crippen molar-refractivity contribution in [3.63, 3.8) is 0 Å². The van der Waals surface area contributed by atoms with Crippen molar-refractivity contribution in [1.82, 2.24) is 25.2 Å². The Morgan fingerprint density at radius 2 is 1.97 bits per heavy atom. The van der Waals surface area contributed by atoms with E-state index in [1.165, 1.54) is 19.3 Å². The molecule has 11 heteroatoms. The highest BCUT2D eigenvalue weighted by atomic mass is 19.4. The van der Waals surface area contributed by atoms with Gasteiger partial charge < -0.3 is 19.9 Å². The standard InChI is InChI=1S/C27H30F3N5O3/c1-14-21(25(37)34-20-10-35(15(2)36)12-26(20,3)4)23-24(33-14)22(31-13-32-23)18-9-17(27(28,29)30)7-8-19(18)38-11-16-5-6-16/h7-9,13,16,20,33H,5-6,10-12H2,1-4H3,(H,34,37). The molecule has 2 amide bonds. The molecule has 38 heavy (non-hydrogen) atoms. The van der Waals surface area contributed by atoms with Gasteiger partial charge in [-0.2, -0.15) is 13.2 Å². The number of alkyl halides is 3. The summed E-state index contributed by atoms with van der Waals surface area (Å²) in [5.41, 5.74) is 0.675. The van der Waals surface area contributed by atoms with Crippen LogP contribution in [0.2, 0.25) is 0 Å². The number of benzene rings is 1. The topological polar surface area (TPSA) is 100 Å². The molecule has 0 spiro atoms. The zero-order valence-electron chi connectivity index (χ0n) is 21.7. The van der Waals surface area contributed by atoms with E-state index in [0.717, 1.165) is 25.0 Å². The van der Waals surface area contributed by atoms with E-state index in [-0.39, 0.29) is 40.1 Å². The summed E-state index contributed by atoms with van der Waals surface area (Å²) >= 11 is 0. The molecule has 2 N–H and O–H groups in total. The van der Waals surface area contributed by atoms with Gasteiger partial charge in [0.05, 0.1) is 29.3 Å². The van der Waals surface area contributed by atoms with Gasteiger partial charge in [-0.15, -0.1) is 0 Å². The number of carbonyl (C=O) groups excluding carboxylic acids is 2. The van der Waals surface area contributed by atoms with Gasteiger partial charge in [0.25, 0.3) is 5.91 Å². The fraction of sp³-hybridized carbons (Fsp3) is 0.481. The Morgan fingerprint density at radius 3 is 2.61 bits per heavy atom.